The first-order valence-electron chi connectivity index (χ1n) is 6.58. The number of rotatable bonds is 6. The van der Waals surface area contributed by atoms with Crippen molar-refractivity contribution in [1.82, 2.24) is 4.90 Å². The quantitative estimate of drug-likeness (QED) is 0.806. The highest BCUT2D eigenvalue weighted by atomic mass is 32.2. The van der Waals surface area contributed by atoms with Crippen LogP contribution in [0.15, 0.2) is 24.3 Å². The molecule has 1 aromatic rings. The second kappa shape index (κ2) is 6.74. The molecule has 1 amide bonds. The molecule has 0 aliphatic carbocycles. The normalized spacial score (nSPS) is 12.9. The van der Waals surface area contributed by atoms with Crippen molar-refractivity contribution in [2.24, 2.45) is 0 Å². The Hall–Kier alpha value is -1.56. The van der Waals surface area contributed by atoms with Gasteiger partial charge in [0.15, 0.2) is 9.84 Å². The van der Waals surface area contributed by atoms with Crippen LogP contribution in [0.1, 0.15) is 25.8 Å². The largest absolute Gasteiger partial charge is 0.398 e. The average molecular weight is 298 g/mol. The maximum atomic E-state index is 12.3. The van der Waals surface area contributed by atoms with Crippen LogP contribution in [0.4, 0.5) is 5.69 Å². The zero-order valence-electron chi connectivity index (χ0n) is 12.2. The van der Waals surface area contributed by atoms with E-state index in [1.54, 1.807) is 11.0 Å². The van der Waals surface area contributed by atoms with Crippen LogP contribution in [-0.4, -0.2) is 37.3 Å². The number of anilines is 1. The van der Waals surface area contributed by atoms with Gasteiger partial charge in [0, 0.05) is 25.0 Å². The Balaban J connectivity index is 2.95. The number of nitrogens with two attached hydrogens (primary N) is 1. The monoisotopic (exact) mass is 298 g/mol. The predicted molar refractivity (Wildman–Crippen MR) is 80.9 cm³/mol. The molecule has 5 nitrogen and oxygen atoms in total. The summed E-state index contributed by atoms with van der Waals surface area (Å²) >= 11 is 0. The minimum Gasteiger partial charge on any atom is -0.398 e. The molecule has 1 atom stereocenters. The Bertz CT molecular complexity index is 570. The van der Waals surface area contributed by atoms with Gasteiger partial charge in [0.2, 0.25) is 5.91 Å². The number of nitrogen functional groups attached to an aromatic ring is 1. The van der Waals surface area contributed by atoms with Gasteiger partial charge in [-0.15, -0.1) is 0 Å². The highest BCUT2D eigenvalue weighted by Crippen LogP contribution is 2.15. The van der Waals surface area contributed by atoms with E-state index in [0.717, 1.165) is 18.2 Å². The summed E-state index contributed by atoms with van der Waals surface area (Å²) in [7, 11) is -3.39. The Labute approximate surface area is 120 Å². The molecule has 6 heteroatoms. The van der Waals surface area contributed by atoms with Crippen molar-refractivity contribution >= 4 is 21.4 Å². The van der Waals surface area contributed by atoms with Crippen LogP contribution in [0.2, 0.25) is 0 Å². The van der Waals surface area contributed by atoms with Crippen LogP contribution in [0.3, 0.4) is 0 Å². The second-order valence-corrected chi connectivity index (χ2v) is 7.30. The molecule has 0 aromatic heterocycles. The number of benzene rings is 1. The first kappa shape index (κ1) is 16.5. The lowest BCUT2D eigenvalue weighted by atomic mass is 10.1. The van der Waals surface area contributed by atoms with Crippen molar-refractivity contribution < 1.29 is 13.2 Å². The SMILES string of the molecule is CCCN(Cc1ccccc1N)C(=O)C(C)S(C)(=O)=O. The lowest BCUT2D eigenvalue weighted by Crippen LogP contribution is -2.41. The summed E-state index contributed by atoms with van der Waals surface area (Å²) in [5, 5.41) is -1.03. The van der Waals surface area contributed by atoms with Crippen molar-refractivity contribution in [3.8, 4) is 0 Å². The number of amides is 1. The number of hydrogen-bond donors (Lipinski definition) is 1. The van der Waals surface area contributed by atoms with Crippen LogP contribution >= 0.6 is 0 Å². The maximum Gasteiger partial charge on any atom is 0.240 e. The van der Waals surface area contributed by atoms with Gasteiger partial charge in [-0.3, -0.25) is 4.79 Å². The minimum absolute atomic E-state index is 0.333. The Morgan fingerprint density at radius 2 is 1.95 bits per heavy atom. The van der Waals surface area contributed by atoms with Gasteiger partial charge in [0.05, 0.1) is 0 Å². The zero-order valence-corrected chi connectivity index (χ0v) is 13.0. The van der Waals surface area contributed by atoms with Crippen LogP contribution in [0.25, 0.3) is 0 Å². The third-order valence-corrected chi connectivity index (χ3v) is 4.70. The highest BCUT2D eigenvalue weighted by molar-refractivity contribution is 7.92. The van der Waals surface area contributed by atoms with Gasteiger partial charge in [0.1, 0.15) is 5.25 Å². The fraction of sp³-hybridized carbons (Fsp3) is 0.500. The summed E-state index contributed by atoms with van der Waals surface area (Å²) in [5.74, 6) is -0.377. The molecule has 0 saturated carbocycles. The maximum absolute atomic E-state index is 12.3. The molecular weight excluding hydrogens is 276 g/mol. The molecule has 0 fully saturated rings. The molecule has 0 aliphatic rings. The van der Waals surface area contributed by atoms with E-state index in [-0.39, 0.29) is 5.91 Å². The molecule has 20 heavy (non-hydrogen) atoms. The topological polar surface area (TPSA) is 80.5 Å². The molecule has 0 aliphatic heterocycles. The summed E-state index contributed by atoms with van der Waals surface area (Å²) in [6, 6.07) is 7.28. The highest BCUT2D eigenvalue weighted by Gasteiger charge is 2.28. The number of hydrogen-bond acceptors (Lipinski definition) is 4. The van der Waals surface area contributed by atoms with Crippen molar-refractivity contribution in [1.29, 1.82) is 0 Å². The fourth-order valence-electron chi connectivity index (χ4n) is 1.86. The van der Waals surface area contributed by atoms with Crippen LogP contribution in [0, 0.1) is 0 Å². The molecule has 1 rings (SSSR count). The summed E-state index contributed by atoms with van der Waals surface area (Å²) in [6.45, 7) is 4.21. The van der Waals surface area contributed by atoms with Gasteiger partial charge in [-0.1, -0.05) is 25.1 Å². The summed E-state index contributed by atoms with van der Waals surface area (Å²) in [5.41, 5.74) is 7.30. The third kappa shape index (κ3) is 4.23. The van der Waals surface area contributed by atoms with Crippen LogP contribution in [0.5, 0.6) is 0 Å². The van der Waals surface area contributed by atoms with E-state index in [1.165, 1.54) is 6.92 Å². The van der Waals surface area contributed by atoms with E-state index in [4.69, 9.17) is 5.73 Å². The Morgan fingerprint density at radius 3 is 2.45 bits per heavy atom. The van der Waals surface area contributed by atoms with E-state index in [0.29, 0.717) is 18.8 Å². The lowest BCUT2D eigenvalue weighted by molar-refractivity contribution is -0.131. The molecule has 0 spiro atoms. The van der Waals surface area contributed by atoms with Crippen molar-refractivity contribution in [3.05, 3.63) is 29.8 Å². The Kier molecular flexibility index (Phi) is 5.56. The standard InChI is InChI=1S/C14H22N2O3S/c1-4-9-16(14(17)11(2)20(3,18)19)10-12-7-5-6-8-13(12)15/h5-8,11H,4,9-10,15H2,1-3H3. The van der Waals surface area contributed by atoms with E-state index >= 15 is 0 Å². The molecule has 0 heterocycles. The summed E-state index contributed by atoms with van der Waals surface area (Å²) in [6.07, 6.45) is 1.84. The summed E-state index contributed by atoms with van der Waals surface area (Å²) in [4.78, 5) is 13.9. The van der Waals surface area contributed by atoms with E-state index in [2.05, 4.69) is 0 Å². The van der Waals surface area contributed by atoms with E-state index in [1.807, 2.05) is 25.1 Å². The minimum atomic E-state index is -3.39. The van der Waals surface area contributed by atoms with Gasteiger partial charge in [0.25, 0.3) is 0 Å². The molecule has 0 bridgehead atoms. The molecule has 0 radical (unpaired) electrons. The molecule has 0 saturated heterocycles. The van der Waals surface area contributed by atoms with Crippen molar-refractivity contribution in [2.45, 2.75) is 32.1 Å². The van der Waals surface area contributed by atoms with Gasteiger partial charge < -0.3 is 10.6 Å². The number of carbonyl (C=O) groups excluding carboxylic acids is 1. The van der Waals surface area contributed by atoms with Gasteiger partial charge in [-0.25, -0.2) is 8.42 Å². The van der Waals surface area contributed by atoms with Crippen molar-refractivity contribution in [3.63, 3.8) is 0 Å². The van der Waals surface area contributed by atoms with E-state index in [9.17, 15) is 13.2 Å². The van der Waals surface area contributed by atoms with Gasteiger partial charge in [-0.2, -0.15) is 0 Å². The number of carbonyl (C=O) groups is 1. The zero-order chi connectivity index (χ0) is 15.3. The molecule has 1 unspecified atom stereocenters. The average Bonchev–Trinajstić information content (AvgIpc) is 2.38. The van der Waals surface area contributed by atoms with Crippen LogP contribution in [-0.2, 0) is 21.2 Å². The number of para-hydroxylation sites is 1. The van der Waals surface area contributed by atoms with Gasteiger partial charge >= 0.3 is 0 Å². The molecule has 1 aromatic carbocycles. The predicted octanol–water partition coefficient (Wildman–Crippen LogP) is 1.44. The van der Waals surface area contributed by atoms with Gasteiger partial charge in [-0.05, 0) is 25.0 Å². The molecule has 2 N–H and O–H groups in total. The molecule has 112 valence electrons. The second-order valence-electron chi connectivity index (χ2n) is 4.93. The first-order chi connectivity index (χ1) is 9.27. The number of nitrogens with zero attached hydrogens (tertiary/aromatic N) is 1. The molecular formula is C14H22N2O3S. The van der Waals surface area contributed by atoms with Crippen molar-refractivity contribution in [2.75, 3.05) is 18.5 Å². The fourth-order valence-corrected chi connectivity index (χ4v) is 2.38. The first-order valence-corrected chi connectivity index (χ1v) is 8.53. The van der Waals surface area contributed by atoms with Crippen LogP contribution < -0.4 is 5.73 Å². The van der Waals surface area contributed by atoms with E-state index < -0.39 is 15.1 Å². The third-order valence-electron chi connectivity index (χ3n) is 3.21. The summed E-state index contributed by atoms with van der Waals surface area (Å²) < 4.78 is 23.1. The number of sulfone groups is 1. The smallest absolute Gasteiger partial charge is 0.240 e. The lowest BCUT2D eigenvalue weighted by Gasteiger charge is -2.25. The Morgan fingerprint density at radius 1 is 1.35 bits per heavy atom.